The minimum atomic E-state index is -0.0362. The van der Waals surface area contributed by atoms with Crippen molar-refractivity contribution in [1.29, 1.82) is 0 Å². The lowest BCUT2D eigenvalue weighted by atomic mass is 10.1. The Morgan fingerprint density at radius 1 is 1.25 bits per heavy atom. The third kappa shape index (κ3) is 4.44. The van der Waals surface area contributed by atoms with E-state index in [4.69, 9.17) is 0 Å². The fourth-order valence-corrected chi connectivity index (χ4v) is 3.43. The fraction of sp³-hybridized carbons (Fsp3) is 0.471. The van der Waals surface area contributed by atoms with E-state index >= 15 is 0 Å². The predicted molar refractivity (Wildman–Crippen MR) is 98.0 cm³/mol. The summed E-state index contributed by atoms with van der Waals surface area (Å²) in [6.07, 6.45) is 3.75. The first-order valence-electron chi connectivity index (χ1n) is 8.37. The van der Waals surface area contributed by atoms with E-state index in [-0.39, 0.29) is 5.91 Å². The molecule has 1 amide bonds. The van der Waals surface area contributed by atoms with Gasteiger partial charge in [0, 0.05) is 43.2 Å². The van der Waals surface area contributed by atoms with Crippen molar-refractivity contribution in [3.05, 3.63) is 34.3 Å². The largest absolute Gasteiger partial charge is 0.368 e. The minimum Gasteiger partial charge on any atom is -0.368 e. The maximum absolute atomic E-state index is 11.9. The van der Waals surface area contributed by atoms with Crippen molar-refractivity contribution in [2.24, 2.45) is 0 Å². The molecule has 2 N–H and O–H groups in total. The normalized spacial score (nSPS) is 14.5. The molecule has 3 heterocycles. The summed E-state index contributed by atoms with van der Waals surface area (Å²) in [5.74, 6) is 2.54. The van der Waals surface area contributed by atoms with E-state index in [1.54, 1.807) is 0 Å². The van der Waals surface area contributed by atoms with Crippen LogP contribution in [0, 0.1) is 6.92 Å². The van der Waals surface area contributed by atoms with Gasteiger partial charge < -0.3 is 15.5 Å². The highest BCUT2D eigenvalue weighted by Crippen LogP contribution is 2.20. The van der Waals surface area contributed by atoms with Crippen molar-refractivity contribution in [1.82, 2.24) is 15.3 Å². The number of nitrogens with one attached hydrogen (secondary N) is 2. The van der Waals surface area contributed by atoms with Crippen molar-refractivity contribution in [2.75, 3.05) is 36.4 Å². The number of carbonyl (C=O) groups is 1. The van der Waals surface area contributed by atoms with Gasteiger partial charge in [0.15, 0.2) is 0 Å². The van der Waals surface area contributed by atoms with Crippen LogP contribution < -0.4 is 15.5 Å². The molecule has 1 aliphatic heterocycles. The first kappa shape index (κ1) is 16.7. The fourth-order valence-electron chi connectivity index (χ4n) is 2.79. The number of piperidine rings is 1. The monoisotopic (exact) mass is 345 g/mol. The third-order valence-electron chi connectivity index (χ3n) is 4.00. The summed E-state index contributed by atoms with van der Waals surface area (Å²) in [5, 5.41) is 9.93. The van der Waals surface area contributed by atoms with Gasteiger partial charge in [0.1, 0.15) is 17.5 Å². The number of thiophene rings is 1. The van der Waals surface area contributed by atoms with E-state index in [2.05, 4.69) is 25.5 Å². The molecule has 0 atom stereocenters. The molecule has 24 heavy (non-hydrogen) atoms. The second-order valence-electron chi connectivity index (χ2n) is 5.90. The Hall–Kier alpha value is -2.15. The quantitative estimate of drug-likeness (QED) is 0.788. The van der Waals surface area contributed by atoms with Gasteiger partial charge in [-0.3, -0.25) is 4.79 Å². The third-order valence-corrected chi connectivity index (χ3v) is 4.69. The summed E-state index contributed by atoms with van der Waals surface area (Å²) in [7, 11) is 0. The van der Waals surface area contributed by atoms with Crippen molar-refractivity contribution in [2.45, 2.75) is 26.2 Å². The zero-order chi connectivity index (χ0) is 16.8. The summed E-state index contributed by atoms with van der Waals surface area (Å²) >= 11 is 1.52. The SMILES string of the molecule is Cc1nc(NCCNC(=O)c2ccsc2)cc(N2CCCCC2)n1. The standard InChI is InChI=1S/C17H23N5OS/c1-13-20-15(11-16(21-13)22-8-3-2-4-9-22)18-6-7-19-17(23)14-5-10-24-12-14/h5,10-12H,2-4,6-9H2,1H3,(H,19,23)(H,18,20,21). The lowest BCUT2D eigenvalue weighted by molar-refractivity contribution is 0.0955. The van der Waals surface area contributed by atoms with Crippen LogP contribution >= 0.6 is 11.3 Å². The van der Waals surface area contributed by atoms with Crippen LogP contribution in [0.15, 0.2) is 22.9 Å². The van der Waals surface area contributed by atoms with Crippen LogP contribution in [-0.4, -0.2) is 42.1 Å². The van der Waals surface area contributed by atoms with Gasteiger partial charge in [0.2, 0.25) is 0 Å². The van der Waals surface area contributed by atoms with Gasteiger partial charge in [0.05, 0.1) is 0 Å². The van der Waals surface area contributed by atoms with Crippen LogP contribution in [0.1, 0.15) is 35.4 Å². The summed E-state index contributed by atoms with van der Waals surface area (Å²) in [6, 6.07) is 3.82. The first-order chi connectivity index (χ1) is 11.7. The molecule has 0 aromatic carbocycles. The summed E-state index contributed by atoms with van der Waals surface area (Å²) in [6.45, 7) is 5.22. The second kappa shape index (κ2) is 8.10. The Balaban J connectivity index is 1.51. The number of carbonyl (C=O) groups excluding carboxylic acids is 1. The average molecular weight is 345 g/mol. The van der Waals surface area contributed by atoms with Gasteiger partial charge in [-0.25, -0.2) is 9.97 Å². The molecular formula is C17H23N5OS. The van der Waals surface area contributed by atoms with E-state index in [0.29, 0.717) is 18.7 Å². The highest BCUT2D eigenvalue weighted by atomic mass is 32.1. The molecule has 0 aliphatic carbocycles. The van der Waals surface area contributed by atoms with Gasteiger partial charge in [-0.2, -0.15) is 11.3 Å². The van der Waals surface area contributed by atoms with E-state index in [1.807, 2.05) is 29.8 Å². The lowest BCUT2D eigenvalue weighted by Gasteiger charge is -2.28. The number of aromatic nitrogens is 2. The second-order valence-corrected chi connectivity index (χ2v) is 6.68. The lowest BCUT2D eigenvalue weighted by Crippen LogP contribution is -2.31. The molecule has 7 heteroatoms. The molecule has 2 aromatic rings. The van der Waals surface area contributed by atoms with Gasteiger partial charge in [0.25, 0.3) is 5.91 Å². The number of hydrogen-bond acceptors (Lipinski definition) is 6. The van der Waals surface area contributed by atoms with Crippen LogP contribution in [0.25, 0.3) is 0 Å². The van der Waals surface area contributed by atoms with E-state index < -0.39 is 0 Å². The number of hydrogen-bond donors (Lipinski definition) is 2. The molecule has 128 valence electrons. The summed E-state index contributed by atoms with van der Waals surface area (Å²) in [5.41, 5.74) is 0.713. The Morgan fingerprint density at radius 2 is 2.08 bits per heavy atom. The number of nitrogens with zero attached hydrogens (tertiary/aromatic N) is 3. The Kier molecular flexibility index (Phi) is 5.63. The van der Waals surface area contributed by atoms with Gasteiger partial charge >= 0.3 is 0 Å². The van der Waals surface area contributed by atoms with Crippen molar-refractivity contribution in [3.63, 3.8) is 0 Å². The van der Waals surface area contributed by atoms with Gasteiger partial charge in [-0.1, -0.05) is 0 Å². The van der Waals surface area contributed by atoms with Crippen LogP contribution in [0.3, 0.4) is 0 Å². The molecule has 2 aromatic heterocycles. The van der Waals surface area contributed by atoms with Crippen molar-refractivity contribution >= 4 is 28.9 Å². The van der Waals surface area contributed by atoms with E-state index in [1.165, 1.54) is 30.6 Å². The molecule has 1 fully saturated rings. The zero-order valence-corrected chi connectivity index (χ0v) is 14.7. The predicted octanol–water partition coefficient (Wildman–Crippen LogP) is 2.68. The van der Waals surface area contributed by atoms with Crippen LogP contribution in [0.5, 0.6) is 0 Å². The number of amides is 1. The summed E-state index contributed by atoms with van der Waals surface area (Å²) < 4.78 is 0. The Bertz CT molecular complexity index is 668. The van der Waals surface area contributed by atoms with E-state index in [9.17, 15) is 4.79 Å². The molecule has 6 nitrogen and oxygen atoms in total. The average Bonchev–Trinajstić information content (AvgIpc) is 3.14. The highest BCUT2D eigenvalue weighted by molar-refractivity contribution is 7.08. The number of anilines is 2. The molecular weight excluding hydrogens is 322 g/mol. The van der Waals surface area contributed by atoms with Gasteiger partial charge in [-0.05, 0) is 37.6 Å². The number of rotatable bonds is 6. The van der Waals surface area contributed by atoms with Crippen molar-refractivity contribution in [3.8, 4) is 0 Å². The Labute approximate surface area is 146 Å². The summed E-state index contributed by atoms with van der Waals surface area (Å²) in [4.78, 5) is 23.2. The Morgan fingerprint density at radius 3 is 2.83 bits per heavy atom. The first-order valence-corrected chi connectivity index (χ1v) is 9.31. The zero-order valence-electron chi connectivity index (χ0n) is 13.9. The van der Waals surface area contributed by atoms with Crippen molar-refractivity contribution < 1.29 is 4.79 Å². The highest BCUT2D eigenvalue weighted by Gasteiger charge is 2.13. The maximum atomic E-state index is 11.9. The minimum absolute atomic E-state index is 0.0362. The van der Waals surface area contributed by atoms with Crippen LogP contribution in [0.4, 0.5) is 11.6 Å². The molecule has 1 aliphatic rings. The molecule has 3 rings (SSSR count). The smallest absolute Gasteiger partial charge is 0.252 e. The van der Waals surface area contributed by atoms with Crippen LogP contribution in [0.2, 0.25) is 0 Å². The number of aryl methyl sites for hydroxylation is 1. The van der Waals surface area contributed by atoms with Gasteiger partial charge in [-0.15, -0.1) is 0 Å². The molecule has 0 saturated carbocycles. The topological polar surface area (TPSA) is 70.2 Å². The molecule has 0 spiro atoms. The maximum Gasteiger partial charge on any atom is 0.252 e. The van der Waals surface area contributed by atoms with E-state index in [0.717, 1.165) is 30.5 Å². The molecule has 0 radical (unpaired) electrons. The molecule has 0 unspecified atom stereocenters. The molecule has 0 bridgehead atoms. The van der Waals surface area contributed by atoms with Crippen LogP contribution in [-0.2, 0) is 0 Å². The molecule has 1 saturated heterocycles.